The van der Waals surface area contributed by atoms with Gasteiger partial charge >= 0.3 is 0 Å². The largest absolute Gasteiger partial charge is 0.139 e. The van der Waals surface area contributed by atoms with Gasteiger partial charge in [-0.25, -0.2) is 0 Å². The van der Waals surface area contributed by atoms with Gasteiger partial charge < -0.3 is 0 Å². The molecule has 0 fully saturated rings. The van der Waals surface area contributed by atoms with Crippen LogP contribution >= 0.6 is 45.3 Å². The molecule has 0 saturated heterocycles. The maximum Gasteiger partial charge on any atom is 0.0477 e. The summed E-state index contributed by atoms with van der Waals surface area (Å²) in [5, 5.41) is 3.25. The van der Waals surface area contributed by atoms with Gasteiger partial charge in [0.1, 0.15) is 0 Å². The Balaban J connectivity index is 1.40. The molecule has 0 amide bonds. The second-order valence-electron chi connectivity index (χ2n) is 22.8. The Morgan fingerprint density at radius 3 is 0.764 bits per heavy atom. The van der Waals surface area contributed by atoms with Gasteiger partial charge in [-0.15, -0.1) is 45.3 Å². The number of hydrogen-bond donors (Lipinski definition) is 0. The molecule has 0 unspecified atom stereocenters. The first-order valence-electron chi connectivity index (χ1n) is 31.7. The molecule has 0 aliphatic heterocycles. The van der Waals surface area contributed by atoms with E-state index < -0.39 is 0 Å². The lowest BCUT2D eigenvalue weighted by atomic mass is 9.94. The van der Waals surface area contributed by atoms with E-state index in [9.17, 15) is 0 Å². The Bertz CT molecular complexity index is 1910. The van der Waals surface area contributed by atoms with Gasteiger partial charge in [0.05, 0.1) is 0 Å². The van der Waals surface area contributed by atoms with Crippen molar-refractivity contribution in [1.29, 1.82) is 0 Å². The fraction of sp³-hybridized carbons (Fsp3) is 0.735. The summed E-state index contributed by atoms with van der Waals surface area (Å²) in [5.41, 5.74) is 6.64. The number of aryl methyl sites for hydroxylation is 6. The van der Waals surface area contributed by atoms with Crippen LogP contribution in [-0.4, -0.2) is 0 Å². The van der Waals surface area contributed by atoms with E-state index in [-0.39, 0.29) is 0 Å². The van der Waals surface area contributed by atoms with E-state index >= 15 is 0 Å². The molecule has 0 aliphatic rings. The van der Waals surface area contributed by atoms with Gasteiger partial charge in [-0.05, 0) is 123 Å². The van der Waals surface area contributed by atoms with E-state index in [1.165, 1.54) is 292 Å². The highest BCUT2D eigenvalue weighted by Gasteiger charge is 2.23. The minimum Gasteiger partial charge on any atom is -0.139 e. The van der Waals surface area contributed by atoms with Crippen molar-refractivity contribution < 1.29 is 0 Å². The maximum atomic E-state index is 2.73. The number of benzene rings is 1. The smallest absolute Gasteiger partial charge is 0.0477 e. The molecule has 406 valence electrons. The summed E-state index contributed by atoms with van der Waals surface area (Å²) in [6.07, 6.45) is 61.0. The zero-order chi connectivity index (χ0) is 50.9. The molecule has 0 bridgehead atoms. The van der Waals surface area contributed by atoms with Crippen LogP contribution in [0.2, 0.25) is 0 Å². The molecule has 72 heavy (non-hydrogen) atoms. The van der Waals surface area contributed by atoms with Crippen molar-refractivity contribution in [3.8, 4) is 19.5 Å². The predicted octanol–water partition coefficient (Wildman–Crippen LogP) is 26.0. The van der Waals surface area contributed by atoms with Gasteiger partial charge in [0.25, 0.3) is 0 Å². The van der Waals surface area contributed by atoms with Crippen molar-refractivity contribution in [2.24, 2.45) is 0 Å². The second-order valence-corrected chi connectivity index (χ2v) is 27.4. The Hall–Kier alpha value is -1.46. The predicted molar refractivity (Wildman–Crippen MR) is 336 cm³/mol. The van der Waals surface area contributed by atoms with Crippen LogP contribution in [0.25, 0.3) is 39.7 Å². The number of hydrogen-bond acceptors (Lipinski definition) is 4. The monoisotopic (exact) mass is 1050 g/mol. The average molecular weight is 1060 g/mol. The molecule has 0 saturated carbocycles. The van der Waals surface area contributed by atoms with Crippen molar-refractivity contribution in [2.45, 2.75) is 324 Å². The van der Waals surface area contributed by atoms with E-state index in [0.29, 0.717) is 0 Å². The van der Waals surface area contributed by atoms with Gasteiger partial charge in [-0.2, -0.15) is 0 Å². The van der Waals surface area contributed by atoms with Crippen LogP contribution in [-0.2, 0) is 25.7 Å². The summed E-state index contributed by atoms with van der Waals surface area (Å²) in [6.45, 7) is 14.1. The van der Waals surface area contributed by atoms with Crippen LogP contribution < -0.4 is 0 Å². The minimum atomic E-state index is 1.22. The van der Waals surface area contributed by atoms with Crippen LogP contribution in [0.4, 0.5) is 0 Å². The normalized spacial score (nSPS) is 12.0. The molecule has 5 rings (SSSR count). The summed E-state index contributed by atoms with van der Waals surface area (Å²) in [6, 6.07) is 10.6. The lowest BCUT2D eigenvalue weighted by Gasteiger charge is -2.12. The van der Waals surface area contributed by atoms with Crippen molar-refractivity contribution in [3.05, 3.63) is 56.3 Å². The van der Waals surface area contributed by atoms with Crippen LogP contribution in [0.15, 0.2) is 24.3 Å². The third-order valence-corrected chi connectivity index (χ3v) is 21.1. The minimum absolute atomic E-state index is 1.22. The van der Waals surface area contributed by atoms with E-state index in [2.05, 4.69) is 111 Å². The fourth-order valence-electron chi connectivity index (χ4n) is 11.8. The molecule has 4 heterocycles. The Morgan fingerprint density at radius 2 is 0.500 bits per heavy atom. The van der Waals surface area contributed by atoms with Gasteiger partial charge in [-0.1, -0.05) is 259 Å². The molecule has 0 N–H and O–H groups in total. The molecular weight excluding hydrogens is 945 g/mol. The van der Waals surface area contributed by atoms with E-state index in [0.717, 1.165) is 0 Å². The molecule has 0 atom stereocenters. The van der Waals surface area contributed by atoms with Crippen LogP contribution in [0, 0.1) is 13.8 Å². The first kappa shape index (κ1) is 61.4. The van der Waals surface area contributed by atoms with E-state index in [4.69, 9.17) is 0 Å². The molecule has 5 aromatic rings. The Labute approximate surface area is 462 Å². The van der Waals surface area contributed by atoms with Crippen molar-refractivity contribution >= 4 is 65.5 Å². The summed E-state index contributed by atoms with van der Waals surface area (Å²) < 4.78 is 3.28. The first-order valence-corrected chi connectivity index (χ1v) is 35.0. The van der Waals surface area contributed by atoms with Crippen LogP contribution in [0.5, 0.6) is 0 Å². The topological polar surface area (TPSA) is 0 Å². The highest BCUT2D eigenvalue weighted by atomic mass is 32.1. The fourth-order valence-corrected chi connectivity index (χ4v) is 16.7. The maximum absolute atomic E-state index is 2.73. The second kappa shape index (κ2) is 38.1. The number of thiophene rings is 4. The summed E-state index contributed by atoms with van der Waals surface area (Å²) in [4.78, 5) is 9.29. The zero-order valence-electron chi connectivity index (χ0n) is 48.1. The first-order chi connectivity index (χ1) is 35.5. The average Bonchev–Trinajstić information content (AvgIpc) is 4.19. The van der Waals surface area contributed by atoms with Crippen molar-refractivity contribution in [1.82, 2.24) is 0 Å². The molecule has 0 radical (unpaired) electrons. The highest BCUT2D eigenvalue weighted by molar-refractivity contribution is 7.28. The van der Waals surface area contributed by atoms with Gasteiger partial charge in [0, 0.05) is 38.7 Å². The molecular formula is C68H110S4. The lowest BCUT2D eigenvalue weighted by Crippen LogP contribution is -1.93. The van der Waals surface area contributed by atoms with E-state index in [1.807, 2.05) is 0 Å². The highest BCUT2D eigenvalue weighted by Crippen LogP contribution is 2.50. The SMILES string of the molecule is CCCCCCCCCCCCc1cc(C)sc1-c1cc2c(CCCCCCCCCCCC)c3sc(-c4sc(C)cc4CCCCCCCCCCCC)cc3c(CCCCCCCCCCCC)c2s1. The Morgan fingerprint density at radius 1 is 0.264 bits per heavy atom. The summed E-state index contributed by atoms with van der Waals surface area (Å²) in [7, 11) is 0. The number of unbranched alkanes of at least 4 members (excludes halogenated alkanes) is 36. The zero-order valence-corrected chi connectivity index (χ0v) is 51.3. The molecule has 4 heteroatoms. The van der Waals surface area contributed by atoms with Gasteiger partial charge in [0.15, 0.2) is 0 Å². The van der Waals surface area contributed by atoms with Crippen molar-refractivity contribution in [2.75, 3.05) is 0 Å². The number of fused-ring (bicyclic) bond motifs is 2. The molecule has 0 nitrogen and oxygen atoms in total. The molecule has 0 spiro atoms. The van der Waals surface area contributed by atoms with Crippen LogP contribution in [0.3, 0.4) is 0 Å². The summed E-state index contributed by atoms with van der Waals surface area (Å²) >= 11 is 8.54. The number of rotatable bonds is 46. The van der Waals surface area contributed by atoms with Gasteiger partial charge in [0.2, 0.25) is 0 Å². The van der Waals surface area contributed by atoms with Crippen molar-refractivity contribution in [3.63, 3.8) is 0 Å². The standard InChI is InChI=1S/C68H110S4/c1-7-11-15-19-23-27-31-35-39-43-47-57-51-55(5)69-65(57)63-53-61-59(49-45-41-37-33-29-25-21-17-13-9-3)68-62(60(67(61)71-63)50-46-42-38-34-30-26-22-18-14-10-4)54-64(72-68)66-58(52-56(6)70-66)48-44-40-36-32-28-24-20-16-12-8-2/h51-54H,7-50H2,1-6H3. The molecule has 1 aromatic carbocycles. The third kappa shape index (κ3) is 22.3. The molecule has 4 aromatic heterocycles. The lowest BCUT2D eigenvalue weighted by molar-refractivity contribution is 0.556. The summed E-state index contributed by atoms with van der Waals surface area (Å²) in [5.74, 6) is 0. The van der Waals surface area contributed by atoms with Gasteiger partial charge in [-0.3, -0.25) is 0 Å². The molecule has 0 aliphatic carbocycles. The Kier molecular flexibility index (Phi) is 32.5. The van der Waals surface area contributed by atoms with Crippen LogP contribution in [0.1, 0.15) is 317 Å². The van der Waals surface area contributed by atoms with E-state index in [1.54, 1.807) is 61.9 Å². The quantitative estimate of drug-likeness (QED) is 0.0341. The third-order valence-electron chi connectivity index (χ3n) is 16.1.